The van der Waals surface area contributed by atoms with Gasteiger partial charge in [-0.25, -0.2) is 0 Å². The molecule has 110 valence electrons. The SMILES string of the molecule is CCCCCC1CCC2CC3CC=CC=C3C(=O)C2O1. The molecular formula is C18H26O2. The molecule has 1 aliphatic heterocycles. The Morgan fingerprint density at radius 1 is 1.30 bits per heavy atom. The number of ketones is 1. The van der Waals surface area contributed by atoms with Gasteiger partial charge < -0.3 is 4.74 Å². The number of rotatable bonds is 4. The Balaban J connectivity index is 1.64. The van der Waals surface area contributed by atoms with Crippen LogP contribution in [0.3, 0.4) is 0 Å². The van der Waals surface area contributed by atoms with Crippen LogP contribution in [0.2, 0.25) is 0 Å². The molecule has 0 aromatic heterocycles. The lowest BCUT2D eigenvalue weighted by atomic mass is 9.69. The maximum Gasteiger partial charge on any atom is 0.188 e. The molecule has 4 unspecified atom stereocenters. The topological polar surface area (TPSA) is 26.3 Å². The highest BCUT2D eigenvalue weighted by atomic mass is 16.5. The number of hydrogen-bond donors (Lipinski definition) is 0. The predicted molar refractivity (Wildman–Crippen MR) is 80.5 cm³/mol. The van der Waals surface area contributed by atoms with Gasteiger partial charge >= 0.3 is 0 Å². The number of ether oxygens (including phenoxy) is 1. The van der Waals surface area contributed by atoms with E-state index in [2.05, 4.69) is 13.0 Å². The van der Waals surface area contributed by atoms with E-state index in [1.807, 2.05) is 12.2 Å². The van der Waals surface area contributed by atoms with E-state index in [1.165, 1.54) is 25.7 Å². The highest BCUT2D eigenvalue weighted by Gasteiger charge is 2.43. The van der Waals surface area contributed by atoms with E-state index in [-0.39, 0.29) is 11.9 Å². The van der Waals surface area contributed by atoms with Crippen molar-refractivity contribution in [3.05, 3.63) is 23.8 Å². The molecule has 2 aliphatic carbocycles. The van der Waals surface area contributed by atoms with E-state index < -0.39 is 0 Å². The fraction of sp³-hybridized carbons (Fsp3) is 0.722. The van der Waals surface area contributed by atoms with Crippen LogP contribution in [0.15, 0.2) is 23.8 Å². The van der Waals surface area contributed by atoms with Gasteiger partial charge in [0.05, 0.1) is 6.10 Å². The van der Waals surface area contributed by atoms with Crippen molar-refractivity contribution < 1.29 is 9.53 Å². The summed E-state index contributed by atoms with van der Waals surface area (Å²) in [6.07, 6.45) is 15.9. The molecule has 2 fully saturated rings. The summed E-state index contributed by atoms with van der Waals surface area (Å²) in [7, 11) is 0. The van der Waals surface area contributed by atoms with Gasteiger partial charge in [0.1, 0.15) is 6.10 Å². The summed E-state index contributed by atoms with van der Waals surface area (Å²) in [5.41, 5.74) is 1.03. The summed E-state index contributed by atoms with van der Waals surface area (Å²) in [5, 5.41) is 0. The summed E-state index contributed by atoms with van der Waals surface area (Å²) in [4.78, 5) is 12.6. The lowest BCUT2D eigenvalue weighted by Gasteiger charge is -2.42. The van der Waals surface area contributed by atoms with Crippen molar-refractivity contribution in [3.8, 4) is 0 Å². The Hall–Kier alpha value is -0.890. The number of fused-ring (bicyclic) bond motifs is 2. The van der Waals surface area contributed by atoms with Crippen LogP contribution >= 0.6 is 0 Å². The molecule has 1 saturated carbocycles. The normalized spacial score (nSPS) is 36.2. The summed E-state index contributed by atoms with van der Waals surface area (Å²) in [5.74, 6) is 1.23. The zero-order chi connectivity index (χ0) is 13.9. The van der Waals surface area contributed by atoms with Crippen LogP contribution in [0.4, 0.5) is 0 Å². The second-order valence-corrected chi connectivity index (χ2v) is 6.59. The first-order chi connectivity index (χ1) is 9.79. The molecule has 0 spiro atoms. The average Bonchev–Trinajstić information content (AvgIpc) is 2.48. The third kappa shape index (κ3) is 2.76. The highest BCUT2D eigenvalue weighted by Crippen LogP contribution is 2.42. The maximum atomic E-state index is 12.6. The largest absolute Gasteiger partial charge is 0.367 e. The summed E-state index contributed by atoms with van der Waals surface area (Å²) in [6.45, 7) is 2.23. The van der Waals surface area contributed by atoms with Gasteiger partial charge in [0.2, 0.25) is 0 Å². The summed E-state index contributed by atoms with van der Waals surface area (Å²) < 4.78 is 6.18. The lowest BCUT2D eigenvalue weighted by Crippen LogP contribution is -2.46. The van der Waals surface area contributed by atoms with Crippen molar-refractivity contribution in [1.82, 2.24) is 0 Å². The molecule has 0 aromatic rings. The van der Waals surface area contributed by atoms with Gasteiger partial charge in [-0.1, -0.05) is 44.4 Å². The molecule has 4 atom stereocenters. The van der Waals surface area contributed by atoms with Crippen LogP contribution in [-0.4, -0.2) is 18.0 Å². The zero-order valence-electron chi connectivity index (χ0n) is 12.5. The summed E-state index contributed by atoms with van der Waals surface area (Å²) >= 11 is 0. The van der Waals surface area contributed by atoms with Crippen molar-refractivity contribution in [2.24, 2.45) is 11.8 Å². The van der Waals surface area contributed by atoms with Crippen molar-refractivity contribution in [2.75, 3.05) is 0 Å². The van der Waals surface area contributed by atoms with Crippen molar-refractivity contribution in [2.45, 2.75) is 70.5 Å². The average molecular weight is 274 g/mol. The minimum atomic E-state index is -0.135. The standard InChI is InChI=1S/C18H26O2/c1-2-3-4-8-15-11-10-14-12-13-7-5-6-9-16(13)17(19)18(14)20-15/h5-6,9,13-15,18H,2-4,7-8,10-12H2,1H3. The number of carbonyl (C=O) groups excluding carboxylic acids is 1. The van der Waals surface area contributed by atoms with E-state index in [0.717, 1.165) is 31.3 Å². The molecule has 0 aromatic carbocycles. The molecule has 0 radical (unpaired) electrons. The van der Waals surface area contributed by atoms with Gasteiger partial charge in [0, 0.05) is 5.57 Å². The second kappa shape index (κ2) is 6.26. The van der Waals surface area contributed by atoms with E-state index in [4.69, 9.17) is 4.74 Å². The predicted octanol–water partition coefficient (Wildman–Crippen LogP) is 4.21. The van der Waals surface area contributed by atoms with Gasteiger partial charge in [-0.05, 0) is 43.9 Å². The Labute approximate surface area is 122 Å². The van der Waals surface area contributed by atoms with Gasteiger partial charge in [0.15, 0.2) is 5.78 Å². The Bertz CT molecular complexity index is 421. The van der Waals surface area contributed by atoms with Gasteiger partial charge in [-0.2, -0.15) is 0 Å². The van der Waals surface area contributed by atoms with Crippen LogP contribution < -0.4 is 0 Å². The van der Waals surface area contributed by atoms with Crippen molar-refractivity contribution >= 4 is 5.78 Å². The molecule has 0 amide bonds. The summed E-state index contributed by atoms with van der Waals surface area (Å²) in [6, 6.07) is 0. The molecule has 20 heavy (non-hydrogen) atoms. The first-order valence-electron chi connectivity index (χ1n) is 8.36. The first kappa shape index (κ1) is 14.1. The number of hydrogen-bond acceptors (Lipinski definition) is 2. The quantitative estimate of drug-likeness (QED) is 0.718. The van der Waals surface area contributed by atoms with Crippen molar-refractivity contribution in [1.29, 1.82) is 0 Å². The van der Waals surface area contributed by atoms with Crippen molar-refractivity contribution in [3.63, 3.8) is 0 Å². The monoisotopic (exact) mass is 274 g/mol. The molecule has 2 nitrogen and oxygen atoms in total. The Morgan fingerprint density at radius 2 is 2.20 bits per heavy atom. The van der Waals surface area contributed by atoms with Gasteiger partial charge in [0.25, 0.3) is 0 Å². The van der Waals surface area contributed by atoms with E-state index in [0.29, 0.717) is 17.9 Å². The van der Waals surface area contributed by atoms with Crippen LogP contribution in [0.25, 0.3) is 0 Å². The number of Topliss-reactive ketones (excluding diaryl/α,β-unsaturated/α-hetero) is 1. The number of unbranched alkanes of at least 4 members (excludes halogenated alkanes) is 2. The maximum absolute atomic E-state index is 12.6. The second-order valence-electron chi connectivity index (χ2n) is 6.59. The third-order valence-corrected chi connectivity index (χ3v) is 5.16. The Kier molecular flexibility index (Phi) is 4.40. The number of carbonyl (C=O) groups is 1. The molecule has 1 heterocycles. The van der Waals surface area contributed by atoms with Crippen LogP contribution in [0, 0.1) is 11.8 Å². The third-order valence-electron chi connectivity index (χ3n) is 5.16. The van der Waals surface area contributed by atoms with E-state index in [9.17, 15) is 4.79 Å². The molecule has 1 saturated heterocycles. The van der Waals surface area contributed by atoms with E-state index in [1.54, 1.807) is 0 Å². The molecule has 3 aliphatic rings. The highest BCUT2D eigenvalue weighted by molar-refractivity contribution is 6.00. The zero-order valence-corrected chi connectivity index (χ0v) is 12.5. The molecule has 0 N–H and O–H groups in total. The fourth-order valence-corrected chi connectivity index (χ4v) is 4.00. The fourth-order valence-electron chi connectivity index (χ4n) is 4.00. The van der Waals surface area contributed by atoms with Crippen LogP contribution in [0.5, 0.6) is 0 Å². The Morgan fingerprint density at radius 3 is 3.05 bits per heavy atom. The molecule has 2 heteroatoms. The first-order valence-corrected chi connectivity index (χ1v) is 8.36. The van der Waals surface area contributed by atoms with Gasteiger partial charge in [-0.15, -0.1) is 0 Å². The number of allylic oxidation sites excluding steroid dienone is 3. The lowest BCUT2D eigenvalue weighted by molar-refractivity contribution is -0.149. The molecule has 0 bridgehead atoms. The molecule has 3 rings (SSSR count). The minimum absolute atomic E-state index is 0.135. The molecular weight excluding hydrogens is 248 g/mol. The van der Waals surface area contributed by atoms with Gasteiger partial charge in [-0.3, -0.25) is 4.79 Å². The van der Waals surface area contributed by atoms with Crippen LogP contribution in [0.1, 0.15) is 58.3 Å². The minimum Gasteiger partial charge on any atom is -0.367 e. The smallest absolute Gasteiger partial charge is 0.188 e. The van der Waals surface area contributed by atoms with Crippen LogP contribution in [-0.2, 0) is 9.53 Å². The van der Waals surface area contributed by atoms with E-state index >= 15 is 0 Å².